The molecule has 1 nitrogen and oxygen atoms in total. The van der Waals surface area contributed by atoms with Crippen molar-refractivity contribution in [1.29, 1.82) is 0 Å². The van der Waals surface area contributed by atoms with Gasteiger partial charge in [0.1, 0.15) is 0 Å². The molecule has 378 valence electrons. The van der Waals surface area contributed by atoms with Gasteiger partial charge in [-0.3, -0.25) is 0 Å². The van der Waals surface area contributed by atoms with Crippen molar-refractivity contribution in [3.05, 3.63) is 318 Å². The summed E-state index contributed by atoms with van der Waals surface area (Å²) < 4.78 is 0. The van der Waals surface area contributed by atoms with Crippen LogP contribution in [0, 0.1) is 0 Å². The molecule has 0 heterocycles. The Bertz CT molecular complexity index is 4250. The Morgan fingerprint density at radius 2 is 0.848 bits per heavy atom. The van der Waals surface area contributed by atoms with Gasteiger partial charge < -0.3 is 4.90 Å². The number of benzene rings is 12. The fourth-order valence-corrected chi connectivity index (χ4v) is 13.4. The van der Waals surface area contributed by atoms with Crippen LogP contribution in [0.25, 0.3) is 77.5 Å². The molecule has 2 aliphatic rings. The normalized spacial score (nSPS) is 13.6. The molecule has 12 aromatic carbocycles. The molecule has 0 saturated heterocycles. The number of nitrogens with zero attached hydrogens (tertiary/aromatic N) is 1. The van der Waals surface area contributed by atoms with Crippen LogP contribution >= 0.6 is 0 Å². The summed E-state index contributed by atoms with van der Waals surface area (Å²) >= 11 is 0. The van der Waals surface area contributed by atoms with Gasteiger partial charge in [0.25, 0.3) is 0 Å². The minimum Gasteiger partial charge on any atom is -0.309 e. The Morgan fingerprint density at radius 3 is 1.57 bits per heavy atom. The maximum atomic E-state index is 2.56. The van der Waals surface area contributed by atoms with Crippen molar-refractivity contribution in [3.8, 4) is 66.8 Å². The zero-order valence-corrected chi connectivity index (χ0v) is 45.5. The van der Waals surface area contributed by atoms with Crippen molar-refractivity contribution in [3.63, 3.8) is 0 Å². The van der Waals surface area contributed by atoms with Gasteiger partial charge in [0, 0.05) is 22.2 Å². The van der Waals surface area contributed by atoms with Crippen LogP contribution in [0.15, 0.2) is 279 Å². The number of hydrogen-bond donors (Lipinski definition) is 0. The van der Waals surface area contributed by atoms with E-state index in [1.165, 1.54) is 99.8 Å². The van der Waals surface area contributed by atoms with Crippen LogP contribution in [0.4, 0.5) is 17.1 Å². The maximum absolute atomic E-state index is 2.56. The second-order valence-corrected chi connectivity index (χ2v) is 23.2. The van der Waals surface area contributed by atoms with E-state index in [1.807, 2.05) is 0 Å². The molecule has 0 atom stereocenters. The lowest BCUT2D eigenvalue weighted by Gasteiger charge is -2.34. The first-order chi connectivity index (χ1) is 38.6. The summed E-state index contributed by atoms with van der Waals surface area (Å²) in [5.41, 5.74) is 26.4. The zero-order valence-electron chi connectivity index (χ0n) is 45.5. The van der Waals surface area contributed by atoms with Crippen molar-refractivity contribution in [2.45, 2.75) is 50.9 Å². The van der Waals surface area contributed by atoms with E-state index >= 15 is 0 Å². The Labute approximate surface area is 465 Å². The second-order valence-electron chi connectivity index (χ2n) is 23.2. The lowest BCUT2D eigenvalue weighted by molar-refractivity contribution is 0.590. The summed E-state index contributed by atoms with van der Waals surface area (Å²) in [5, 5.41) is 2.39. The molecule has 0 aliphatic heterocycles. The molecule has 0 radical (unpaired) electrons. The lowest BCUT2D eigenvalue weighted by Crippen LogP contribution is -2.28. The van der Waals surface area contributed by atoms with Gasteiger partial charge in [-0.2, -0.15) is 0 Å². The minimum atomic E-state index is -0.526. The molecule has 0 N–H and O–H groups in total. The van der Waals surface area contributed by atoms with E-state index in [-0.39, 0.29) is 10.8 Å². The predicted molar refractivity (Wildman–Crippen MR) is 334 cm³/mol. The summed E-state index contributed by atoms with van der Waals surface area (Å²) in [5.74, 6) is 0. The van der Waals surface area contributed by atoms with Crippen molar-refractivity contribution in [2.75, 3.05) is 4.90 Å². The Balaban J connectivity index is 1.03. The van der Waals surface area contributed by atoms with Crippen molar-refractivity contribution in [2.24, 2.45) is 0 Å². The molecule has 1 heteroatoms. The molecule has 0 amide bonds. The SMILES string of the molecule is CC(C)(C)c1ccc(-c2ccc(N(c3ccc4c(c3)-c3ccccc3C4(c3ccccc3)c3ccccc3)c3ccc4ccccc4c3-c3cccc(-c4ccc5c(c4)C(C)(C)c4ccccc4-5)c3)c(-c3ccccc3)c2)cc1. The van der Waals surface area contributed by atoms with E-state index < -0.39 is 5.41 Å². The fraction of sp³-hybridized carbons (Fsp3) is 0.103. The second kappa shape index (κ2) is 18.7. The standard InChI is InChI=1S/C78H61N/c1-76(2,3)59-41-36-52(37-42-59)56-40-46-73(67(49-56)53-22-9-6-10-23-53)79(62-43-45-71-68(51-62)65-33-18-20-35-70(65)78(71,60-27-11-7-12-28-60)61-29-13-8-14-30-61)74-47-39-54-24-15-16-31-63(54)75(74)58-26-21-25-55(48-58)57-38-44-66-64-32-17-19-34-69(64)77(4,5)72(66)50-57/h6-51H,1-5H3. The van der Waals surface area contributed by atoms with Gasteiger partial charge in [0.05, 0.1) is 16.8 Å². The molecule has 0 saturated carbocycles. The summed E-state index contributed by atoms with van der Waals surface area (Å²) in [6, 6.07) is 105. The van der Waals surface area contributed by atoms with E-state index in [9.17, 15) is 0 Å². The first-order valence-electron chi connectivity index (χ1n) is 27.9. The predicted octanol–water partition coefficient (Wildman–Crippen LogP) is 20.9. The molecule has 12 aromatic rings. The zero-order chi connectivity index (χ0) is 53.5. The van der Waals surface area contributed by atoms with Crippen LogP contribution in [-0.2, 0) is 16.2 Å². The molecule has 0 bridgehead atoms. The minimum absolute atomic E-state index is 0.0536. The van der Waals surface area contributed by atoms with Gasteiger partial charge in [-0.1, -0.05) is 271 Å². The summed E-state index contributed by atoms with van der Waals surface area (Å²) in [6.07, 6.45) is 0. The van der Waals surface area contributed by atoms with Crippen LogP contribution < -0.4 is 4.90 Å². The van der Waals surface area contributed by atoms with Crippen molar-refractivity contribution in [1.82, 2.24) is 0 Å². The molecule has 0 unspecified atom stereocenters. The number of rotatable bonds is 9. The van der Waals surface area contributed by atoms with Crippen LogP contribution in [-0.4, -0.2) is 0 Å². The van der Waals surface area contributed by atoms with Gasteiger partial charge in [-0.05, 0) is 153 Å². The Morgan fingerprint density at radius 1 is 0.316 bits per heavy atom. The van der Waals surface area contributed by atoms with E-state index in [1.54, 1.807) is 0 Å². The molecule has 2 aliphatic carbocycles. The van der Waals surface area contributed by atoms with Gasteiger partial charge >= 0.3 is 0 Å². The van der Waals surface area contributed by atoms with Crippen LogP contribution in [0.5, 0.6) is 0 Å². The molecule has 0 aromatic heterocycles. The van der Waals surface area contributed by atoms with Crippen LogP contribution in [0.3, 0.4) is 0 Å². The third kappa shape index (κ3) is 7.82. The first-order valence-corrected chi connectivity index (χ1v) is 27.9. The highest BCUT2D eigenvalue weighted by molar-refractivity contribution is 6.07. The monoisotopic (exact) mass is 1010 g/mol. The largest absolute Gasteiger partial charge is 0.309 e. The molecular formula is C78H61N. The number of anilines is 3. The van der Waals surface area contributed by atoms with E-state index in [0.29, 0.717) is 0 Å². The molecule has 14 rings (SSSR count). The first kappa shape index (κ1) is 48.1. The third-order valence-electron chi connectivity index (χ3n) is 17.3. The van der Waals surface area contributed by atoms with E-state index in [4.69, 9.17) is 0 Å². The summed E-state index contributed by atoms with van der Waals surface area (Å²) in [6.45, 7) is 11.6. The average molecular weight is 1010 g/mol. The molecular weight excluding hydrogens is 951 g/mol. The van der Waals surface area contributed by atoms with Crippen LogP contribution in [0.1, 0.15) is 73.6 Å². The topological polar surface area (TPSA) is 3.24 Å². The third-order valence-corrected chi connectivity index (χ3v) is 17.3. The van der Waals surface area contributed by atoms with Gasteiger partial charge in [0.15, 0.2) is 0 Å². The Kier molecular flexibility index (Phi) is 11.4. The van der Waals surface area contributed by atoms with Gasteiger partial charge in [-0.25, -0.2) is 0 Å². The quantitative estimate of drug-likeness (QED) is 0.139. The summed E-state index contributed by atoms with van der Waals surface area (Å²) in [4.78, 5) is 2.56. The fourth-order valence-electron chi connectivity index (χ4n) is 13.4. The smallest absolute Gasteiger partial charge is 0.0713 e. The van der Waals surface area contributed by atoms with Crippen LogP contribution in [0.2, 0.25) is 0 Å². The van der Waals surface area contributed by atoms with Gasteiger partial charge in [0.2, 0.25) is 0 Å². The van der Waals surface area contributed by atoms with Crippen molar-refractivity contribution < 1.29 is 0 Å². The Hall–Kier alpha value is -9.30. The number of hydrogen-bond acceptors (Lipinski definition) is 1. The number of fused-ring (bicyclic) bond motifs is 7. The average Bonchev–Trinajstić information content (AvgIpc) is 3.28. The molecule has 0 fully saturated rings. The summed E-state index contributed by atoms with van der Waals surface area (Å²) in [7, 11) is 0. The molecule has 0 spiro atoms. The maximum Gasteiger partial charge on any atom is 0.0713 e. The van der Waals surface area contributed by atoms with E-state index in [0.717, 1.165) is 33.8 Å². The highest BCUT2D eigenvalue weighted by Gasteiger charge is 2.46. The van der Waals surface area contributed by atoms with E-state index in [2.05, 4.69) is 319 Å². The highest BCUT2D eigenvalue weighted by Crippen LogP contribution is 2.58. The molecule has 79 heavy (non-hydrogen) atoms. The highest BCUT2D eigenvalue weighted by atomic mass is 15.1. The lowest BCUT2D eigenvalue weighted by atomic mass is 9.68. The van der Waals surface area contributed by atoms with Gasteiger partial charge in [-0.15, -0.1) is 0 Å². The van der Waals surface area contributed by atoms with Crippen molar-refractivity contribution >= 4 is 27.8 Å².